The number of nitrogens with one attached hydrogen (secondary N) is 1. The Morgan fingerprint density at radius 3 is 2.79 bits per heavy atom. The maximum absolute atomic E-state index is 12.5. The predicted molar refractivity (Wildman–Crippen MR) is 109 cm³/mol. The number of hydrogen-bond acceptors (Lipinski definition) is 6. The van der Waals surface area contributed by atoms with Crippen LogP contribution in [0.1, 0.15) is 31.4 Å². The molecule has 0 aliphatic carbocycles. The lowest BCUT2D eigenvalue weighted by molar-refractivity contribution is -0.138. The number of hydrogen-bond donors (Lipinski definition) is 1. The second-order valence-electron chi connectivity index (χ2n) is 8.17. The molecule has 2 fully saturated rings. The van der Waals surface area contributed by atoms with Crippen LogP contribution in [-0.2, 0) is 11.2 Å². The Morgan fingerprint density at radius 1 is 1.07 bits per heavy atom. The zero-order chi connectivity index (χ0) is 19.7. The van der Waals surface area contributed by atoms with Gasteiger partial charge in [0.2, 0.25) is 5.91 Å². The molecule has 3 aromatic heterocycles. The summed E-state index contributed by atoms with van der Waals surface area (Å²) in [6.45, 7) is 3.48. The van der Waals surface area contributed by atoms with E-state index in [0.29, 0.717) is 12.1 Å². The second-order valence-corrected chi connectivity index (χ2v) is 8.17. The van der Waals surface area contributed by atoms with E-state index in [1.165, 1.54) is 0 Å². The molecule has 3 aromatic rings. The van der Waals surface area contributed by atoms with Gasteiger partial charge in [0, 0.05) is 50.9 Å². The predicted octanol–water partition coefficient (Wildman–Crippen LogP) is 2.20. The summed E-state index contributed by atoms with van der Waals surface area (Å²) >= 11 is 0. The zero-order valence-electron chi connectivity index (χ0n) is 16.4. The number of aromatic nitrogens is 5. The van der Waals surface area contributed by atoms with Crippen LogP contribution in [0.15, 0.2) is 37.1 Å². The Kier molecular flexibility index (Phi) is 4.61. The Hall–Kier alpha value is -3.03. The lowest BCUT2D eigenvalue weighted by Gasteiger charge is -2.47. The van der Waals surface area contributed by atoms with E-state index < -0.39 is 0 Å². The molecule has 29 heavy (non-hydrogen) atoms. The first kappa shape index (κ1) is 18.0. The molecule has 1 N–H and O–H groups in total. The number of carbonyl (C=O) groups is 1. The Balaban J connectivity index is 1.25. The van der Waals surface area contributed by atoms with E-state index in [4.69, 9.17) is 0 Å². The van der Waals surface area contributed by atoms with Gasteiger partial charge in [0.1, 0.15) is 11.8 Å². The third-order valence-electron chi connectivity index (χ3n) is 6.44. The van der Waals surface area contributed by atoms with Crippen LogP contribution < -0.4 is 4.90 Å². The van der Waals surface area contributed by atoms with Gasteiger partial charge in [-0.25, -0.2) is 15.0 Å². The molecule has 0 bridgehead atoms. The summed E-state index contributed by atoms with van der Waals surface area (Å²) in [4.78, 5) is 37.4. The van der Waals surface area contributed by atoms with E-state index in [0.717, 1.165) is 68.9 Å². The van der Waals surface area contributed by atoms with Crippen molar-refractivity contribution in [1.29, 1.82) is 0 Å². The molecule has 150 valence electrons. The fraction of sp³-hybridized carbons (Fsp3) is 0.476. The fourth-order valence-corrected chi connectivity index (χ4v) is 4.69. The third kappa shape index (κ3) is 3.54. The van der Waals surface area contributed by atoms with Crippen molar-refractivity contribution in [2.24, 2.45) is 5.41 Å². The number of amides is 1. The molecule has 2 aliphatic heterocycles. The molecule has 0 saturated carbocycles. The van der Waals surface area contributed by atoms with Crippen LogP contribution in [0.3, 0.4) is 0 Å². The lowest BCUT2D eigenvalue weighted by atomic mass is 9.72. The number of fused-ring (bicyclic) bond motifs is 1. The van der Waals surface area contributed by atoms with Crippen LogP contribution in [0.25, 0.3) is 11.2 Å². The summed E-state index contributed by atoms with van der Waals surface area (Å²) in [5.41, 5.74) is 2.87. The topological polar surface area (TPSA) is 90.9 Å². The second kappa shape index (κ2) is 7.42. The molecule has 0 aromatic carbocycles. The first-order valence-corrected chi connectivity index (χ1v) is 10.3. The van der Waals surface area contributed by atoms with Crippen molar-refractivity contribution in [3.05, 3.63) is 42.7 Å². The monoisotopic (exact) mass is 391 g/mol. The lowest BCUT2D eigenvalue weighted by Crippen LogP contribution is -2.52. The number of nitrogens with zero attached hydrogens (tertiary/aromatic N) is 6. The van der Waals surface area contributed by atoms with Gasteiger partial charge in [-0.15, -0.1) is 0 Å². The number of H-pyrrole nitrogens is 1. The number of piperidine rings is 2. The molecule has 0 atom stereocenters. The first-order valence-electron chi connectivity index (χ1n) is 10.3. The zero-order valence-corrected chi connectivity index (χ0v) is 16.4. The average molecular weight is 391 g/mol. The largest absolute Gasteiger partial charge is 0.355 e. The van der Waals surface area contributed by atoms with Gasteiger partial charge >= 0.3 is 0 Å². The van der Waals surface area contributed by atoms with E-state index in [9.17, 15) is 4.79 Å². The van der Waals surface area contributed by atoms with Gasteiger partial charge in [-0.3, -0.25) is 9.78 Å². The first-order chi connectivity index (χ1) is 14.2. The number of pyridine rings is 1. The van der Waals surface area contributed by atoms with Gasteiger partial charge in [-0.05, 0) is 36.8 Å². The summed E-state index contributed by atoms with van der Waals surface area (Å²) in [5, 5.41) is 0. The van der Waals surface area contributed by atoms with Gasteiger partial charge in [-0.2, -0.15) is 0 Å². The highest BCUT2D eigenvalue weighted by Gasteiger charge is 2.41. The number of anilines is 1. The van der Waals surface area contributed by atoms with Crippen molar-refractivity contribution in [3.8, 4) is 0 Å². The summed E-state index contributed by atoms with van der Waals surface area (Å²) in [5.74, 6) is 1.21. The van der Waals surface area contributed by atoms with Crippen LogP contribution in [0, 0.1) is 5.41 Å². The number of carbonyl (C=O) groups excluding carboxylic acids is 1. The van der Waals surface area contributed by atoms with Gasteiger partial charge in [-0.1, -0.05) is 6.07 Å². The van der Waals surface area contributed by atoms with E-state index in [-0.39, 0.29) is 11.3 Å². The average Bonchev–Trinajstić information content (AvgIpc) is 3.25. The smallest absolute Gasteiger partial charge is 0.222 e. The van der Waals surface area contributed by atoms with Crippen molar-refractivity contribution < 1.29 is 4.79 Å². The molecule has 5 rings (SSSR count). The molecular formula is C21H25N7O. The van der Waals surface area contributed by atoms with Crippen LogP contribution in [0.5, 0.6) is 0 Å². The number of rotatable bonds is 4. The highest BCUT2D eigenvalue weighted by molar-refractivity contribution is 5.82. The maximum atomic E-state index is 12.5. The molecule has 0 radical (unpaired) electrons. The fourth-order valence-electron chi connectivity index (χ4n) is 4.69. The summed E-state index contributed by atoms with van der Waals surface area (Å²) in [7, 11) is 0. The standard InChI is InChI=1S/C21H25N7O/c29-17-4-6-21(13-28(17)10-5-16-3-1-2-9-22-16)7-11-27(12-8-21)20-18-19(24-14-23-18)25-15-26-20/h1-3,9,14-15H,4-8,10-13H2,(H,23,24,25,26). The van der Waals surface area contributed by atoms with Crippen LogP contribution in [0.4, 0.5) is 5.82 Å². The normalized spacial score (nSPS) is 19.2. The number of imidazole rings is 1. The third-order valence-corrected chi connectivity index (χ3v) is 6.44. The summed E-state index contributed by atoms with van der Waals surface area (Å²) in [6, 6.07) is 5.95. The molecule has 1 spiro atoms. The van der Waals surface area contributed by atoms with Gasteiger partial charge < -0.3 is 14.8 Å². The molecule has 8 heteroatoms. The van der Waals surface area contributed by atoms with Gasteiger partial charge in [0.15, 0.2) is 11.5 Å². The van der Waals surface area contributed by atoms with Crippen molar-refractivity contribution in [3.63, 3.8) is 0 Å². The summed E-state index contributed by atoms with van der Waals surface area (Å²) < 4.78 is 0. The molecule has 0 unspecified atom stereocenters. The van der Waals surface area contributed by atoms with E-state index in [1.807, 2.05) is 24.4 Å². The highest BCUT2D eigenvalue weighted by Crippen LogP contribution is 2.41. The molecule has 5 heterocycles. The maximum Gasteiger partial charge on any atom is 0.222 e. The van der Waals surface area contributed by atoms with Crippen molar-refractivity contribution >= 4 is 22.9 Å². The van der Waals surface area contributed by atoms with E-state index >= 15 is 0 Å². The van der Waals surface area contributed by atoms with Crippen LogP contribution in [0.2, 0.25) is 0 Å². The van der Waals surface area contributed by atoms with Crippen LogP contribution >= 0.6 is 0 Å². The Bertz CT molecular complexity index is 994. The SMILES string of the molecule is O=C1CCC2(CCN(c3ncnc4nc[nH]c34)CC2)CN1CCc1ccccn1. The van der Waals surface area contributed by atoms with Crippen LogP contribution in [-0.4, -0.2) is 61.9 Å². The molecule has 1 amide bonds. The quantitative estimate of drug-likeness (QED) is 0.733. The summed E-state index contributed by atoms with van der Waals surface area (Å²) in [6.07, 6.45) is 9.66. The number of aromatic amines is 1. The van der Waals surface area contributed by atoms with E-state index in [1.54, 1.807) is 12.7 Å². The molecule has 8 nitrogen and oxygen atoms in total. The Morgan fingerprint density at radius 2 is 1.97 bits per heavy atom. The molecule has 2 saturated heterocycles. The van der Waals surface area contributed by atoms with Gasteiger partial charge in [0.05, 0.1) is 6.33 Å². The molecule has 2 aliphatic rings. The van der Waals surface area contributed by atoms with E-state index in [2.05, 4.69) is 34.7 Å². The van der Waals surface area contributed by atoms with Gasteiger partial charge in [0.25, 0.3) is 0 Å². The molecular weight excluding hydrogens is 366 g/mol. The Labute approximate surface area is 169 Å². The minimum Gasteiger partial charge on any atom is -0.355 e. The van der Waals surface area contributed by atoms with Crippen molar-refractivity contribution in [2.45, 2.75) is 32.1 Å². The minimum absolute atomic E-state index is 0.217. The number of likely N-dealkylation sites (tertiary alicyclic amines) is 1. The minimum atomic E-state index is 0.217. The van der Waals surface area contributed by atoms with Crippen molar-refractivity contribution in [1.82, 2.24) is 29.8 Å². The highest BCUT2D eigenvalue weighted by atomic mass is 16.2. The van der Waals surface area contributed by atoms with Crippen molar-refractivity contribution in [2.75, 3.05) is 31.1 Å².